The Balaban J connectivity index is 1.94. The molecule has 0 amide bonds. The molecule has 0 radical (unpaired) electrons. The summed E-state index contributed by atoms with van der Waals surface area (Å²) in [5.74, 6) is 0. The number of hydrogen-bond donors (Lipinski definition) is 0. The molecule has 1 aliphatic carbocycles. The van der Waals surface area contributed by atoms with Gasteiger partial charge in [-0.25, -0.2) is 0 Å². The molecular weight excluding hydrogens is 364 g/mol. The van der Waals surface area contributed by atoms with Gasteiger partial charge in [0.25, 0.3) is 0 Å². The van der Waals surface area contributed by atoms with Crippen LogP contribution >= 0.6 is 11.6 Å². The minimum absolute atomic E-state index is 0.473. The van der Waals surface area contributed by atoms with Crippen molar-refractivity contribution in [3.63, 3.8) is 0 Å². The van der Waals surface area contributed by atoms with Crippen molar-refractivity contribution in [2.24, 2.45) is 0 Å². The van der Waals surface area contributed by atoms with Crippen LogP contribution in [-0.2, 0) is 5.41 Å². The van der Waals surface area contributed by atoms with Gasteiger partial charge >= 0.3 is 0 Å². The summed E-state index contributed by atoms with van der Waals surface area (Å²) in [7, 11) is 0. The van der Waals surface area contributed by atoms with Crippen LogP contribution in [0.2, 0.25) is 5.02 Å². The third-order valence-electron chi connectivity index (χ3n) is 5.69. The molecule has 0 aliphatic heterocycles. The predicted molar refractivity (Wildman–Crippen MR) is 114 cm³/mol. The van der Waals surface area contributed by atoms with E-state index in [-0.39, 0.29) is 0 Å². The second-order valence-corrected chi connectivity index (χ2v) is 7.53. The van der Waals surface area contributed by atoms with E-state index in [4.69, 9.17) is 11.6 Å². The summed E-state index contributed by atoms with van der Waals surface area (Å²) in [4.78, 5) is 11.2. The summed E-state index contributed by atoms with van der Waals surface area (Å²) in [5.41, 5.74) is 7.33. The van der Waals surface area contributed by atoms with Gasteiger partial charge in [-0.05, 0) is 45.5 Å². The van der Waals surface area contributed by atoms with Crippen LogP contribution in [0.15, 0.2) is 97.1 Å². The third-order valence-corrected chi connectivity index (χ3v) is 5.93. The summed E-state index contributed by atoms with van der Waals surface area (Å²) in [6.45, 7) is 0. The Kier molecular flexibility index (Phi) is 3.92. The van der Waals surface area contributed by atoms with E-state index in [0.29, 0.717) is 5.56 Å². The fourth-order valence-corrected chi connectivity index (χ4v) is 4.71. The highest BCUT2D eigenvalue weighted by Gasteiger charge is 2.45. The fourth-order valence-electron chi connectivity index (χ4n) is 4.54. The highest BCUT2D eigenvalue weighted by Crippen LogP contribution is 2.56. The normalized spacial score (nSPS) is 17.0. The van der Waals surface area contributed by atoms with Gasteiger partial charge in [-0.1, -0.05) is 96.5 Å². The Labute approximate surface area is 169 Å². The van der Waals surface area contributed by atoms with Crippen LogP contribution in [0.4, 0.5) is 0 Å². The van der Waals surface area contributed by atoms with Gasteiger partial charge in [-0.3, -0.25) is 4.79 Å². The van der Waals surface area contributed by atoms with Gasteiger partial charge in [-0.15, -0.1) is 0 Å². The van der Waals surface area contributed by atoms with Crippen LogP contribution in [0, 0.1) is 0 Å². The first-order chi connectivity index (χ1) is 13.7. The maximum absolute atomic E-state index is 11.2. The molecule has 4 aromatic carbocycles. The molecule has 1 unspecified atom stereocenters. The lowest BCUT2D eigenvalue weighted by atomic mass is 9.67. The average Bonchev–Trinajstić information content (AvgIpc) is 3.05. The Hall–Kier alpha value is -3.16. The zero-order valence-corrected chi connectivity index (χ0v) is 15.9. The van der Waals surface area contributed by atoms with Crippen molar-refractivity contribution in [2.75, 3.05) is 0 Å². The van der Waals surface area contributed by atoms with Gasteiger partial charge in [0.15, 0.2) is 0 Å². The molecule has 0 aromatic heterocycles. The number of aldehydes is 1. The van der Waals surface area contributed by atoms with Gasteiger partial charge < -0.3 is 0 Å². The van der Waals surface area contributed by atoms with E-state index < -0.39 is 5.41 Å². The van der Waals surface area contributed by atoms with Crippen molar-refractivity contribution in [2.45, 2.75) is 5.41 Å². The monoisotopic (exact) mass is 380 g/mol. The zero-order chi connectivity index (χ0) is 19.1. The van der Waals surface area contributed by atoms with Gasteiger partial charge in [0.05, 0.1) is 5.41 Å². The first-order valence-corrected chi connectivity index (χ1v) is 9.64. The highest BCUT2D eigenvalue weighted by atomic mass is 35.5. The maximum atomic E-state index is 11.2. The lowest BCUT2D eigenvalue weighted by Crippen LogP contribution is -2.28. The van der Waals surface area contributed by atoms with Crippen LogP contribution in [0.5, 0.6) is 0 Å². The predicted octanol–water partition coefficient (Wildman–Crippen LogP) is 6.52. The van der Waals surface area contributed by atoms with Crippen molar-refractivity contribution in [1.82, 2.24) is 0 Å². The molecule has 1 nitrogen and oxygen atoms in total. The van der Waals surface area contributed by atoms with Crippen molar-refractivity contribution >= 4 is 17.9 Å². The Morgan fingerprint density at radius 1 is 0.643 bits per heavy atom. The van der Waals surface area contributed by atoms with Crippen molar-refractivity contribution in [3.05, 3.63) is 130 Å². The topological polar surface area (TPSA) is 17.1 Å². The molecule has 134 valence electrons. The maximum Gasteiger partial charge on any atom is 0.150 e. The largest absolute Gasteiger partial charge is 0.298 e. The van der Waals surface area contributed by atoms with Gasteiger partial charge in [0, 0.05) is 10.6 Å². The number of carbonyl (C=O) groups excluding carboxylic acids is 1. The number of carbonyl (C=O) groups is 1. The highest BCUT2D eigenvalue weighted by molar-refractivity contribution is 6.30. The van der Waals surface area contributed by atoms with Crippen molar-refractivity contribution in [3.8, 4) is 11.1 Å². The summed E-state index contributed by atoms with van der Waals surface area (Å²) in [6, 6.07) is 33.1. The number of benzene rings is 4. The van der Waals surface area contributed by atoms with Crippen LogP contribution in [0.1, 0.15) is 32.6 Å². The van der Waals surface area contributed by atoms with E-state index in [1.807, 2.05) is 24.3 Å². The summed E-state index contributed by atoms with van der Waals surface area (Å²) < 4.78 is 0. The van der Waals surface area contributed by atoms with E-state index in [1.165, 1.54) is 27.8 Å². The molecule has 0 N–H and O–H groups in total. The van der Waals surface area contributed by atoms with E-state index in [1.54, 1.807) is 0 Å². The van der Waals surface area contributed by atoms with Crippen LogP contribution in [-0.4, -0.2) is 6.29 Å². The van der Waals surface area contributed by atoms with Crippen molar-refractivity contribution in [1.29, 1.82) is 0 Å². The molecule has 2 heteroatoms. The zero-order valence-electron chi connectivity index (χ0n) is 15.1. The van der Waals surface area contributed by atoms with E-state index in [0.717, 1.165) is 16.9 Å². The Morgan fingerprint density at radius 3 is 2.04 bits per heavy atom. The van der Waals surface area contributed by atoms with Crippen LogP contribution in [0.25, 0.3) is 11.1 Å². The lowest BCUT2D eigenvalue weighted by Gasteiger charge is -2.34. The van der Waals surface area contributed by atoms with E-state index in [9.17, 15) is 4.79 Å². The van der Waals surface area contributed by atoms with E-state index >= 15 is 0 Å². The SMILES string of the molecule is O=Cc1ccc(C2(c3ccccc3)c3ccccc3-c3ccc(Cl)cc32)cc1. The molecule has 0 fully saturated rings. The first kappa shape index (κ1) is 17.0. The molecule has 1 aliphatic rings. The number of hydrogen-bond acceptors (Lipinski definition) is 1. The summed E-state index contributed by atoms with van der Waals surface area (Å²) in [5, 5.41) is 0.719. The molecular formula is C26H17ClO. The molecule has 0 heterocycles. The molecule has 0 bridgehead atoms. The average molecular weight is 381 g/mol. The van der Waals surface area contributed by atoms with Gasteiger partial charge in [0.2, 0.25) is 0 Å². The number of fused-ring (bicyclic) bond motifs is 3. The third kappa shape index (κ3) is 2.30. The number of rotatable bonds is 3. The first-order valence-electron chi connectivity index (χ1n) is 9.26. The standard InChI is InChI=1S/C26H17ClO/c27-21-14-15-23-22-8-4-5-9-24(22)26(25(23)16-21,19-6-2-1-3-7-19)20-12-10-18(17-28)11-13-20/h1-17H. The molecule has 4 aromatic rings. The fraction of sp³-hybridized carbons (Fsp3) is 0.0385. The Morgan fingerprint density at radius 2 is 1.29 bits per heavy atom. The second-order valence-electron chi connectivity index (χ2n) is 7.09. The van der Waals surface area contributed by atoms with Gasteiger partial charge in [-0.2, -0.15) is 0 Å². The summed E-state index contributed by atoms with van der Waals surface area (Å²) in [6.07, 6.45) is 0.881. The quantitative estimate of drug-likeness (QED) is 0.326. The van der Waals surface area contributed by atoms with E-state index in [2.05, 4.69) is 72.8 Å². The molecule has 0 saturated heterocycles. The lowest BCUT2D eigenvalue weighted by molar-refractivity contribution is 0.112. The molecule has 0 spiro atoms. The smallest absolute Gasteiger partial charge is 0.150 e. The van der Waals surface area contributed by atoms with Crippen molar-refractivity contribution < 1.29 is 4.79 Å². The summed E-state index contributed by atoms with van der Waals surface area (Å²) >= 11 is 6.47. The number of halogens is 1. The Bertz CT molecular complexity index is 1180. The van der Waals surface area contributed by atoms with Gasteiger partial charge in [0.1, 0.15) is 6.29 Å². The molecule has 1 atom stereocenters. The molecule has 0 saturated carbocycles. The second kappa shape index (κ2) is 6.47. The molecule has 28 heavy (non-hydrogen) atoms. The molecule has 5 rings (SSSR count). The minimum Gasteiger partial charge on any atom is -0.298 e. The van der Waals surface area contributed by atoms with Crippen LogP contribution in [0.3, 0.4) is 0 Å². The minimum atomic E-state index is -0.473. The van der Waals surface area contributed by atoms with Crippen LogP contribution < -0.4 is 0 Å².